The van der Waals surface area contributed by atoms with Crippen LogP contribution in [-0.4, -0.2) is 37.0 Å². The topological polar surface area (TPSA) is 71.1 Å². The summed E-state index contributed by atoms with van der Waals surface area (Å²) in [6, 6.07) is 17.4. The molecule has 22 heteroatoms. The monoisotopic (exact) mass is 1810 g/mol. The van der Waals surface area contributed by atoms with Crippen LogP contribution in [0.5, 0.6) is 23.0 Å². The number of alkyl halides is 4. The normalized spacial score (nSPS) is 26.6. The standard InChI is InChI=1S/2C21H30F2O.2C15H18ClF3O.2C15H18F2O.8H2/c2*1-14-3-8-17(9-4-14)18-10-6-16(7-11-18)13-24-19-12-5-15(2)20(22)21(19)23;1-9-3-6-11(7-4-9)15(18,19)20-12-8-5-10(2)14(17)13(12)16;1-9-3-6-11(7-4-9)15(18,19)20-12-8-5-10(2)13(16)14(12)17;2*1-9-3-6-11(7-4-9)15(18)12-8-5-10(2)13(16)14(12)17;;;;;;;;/h2*5,12,14,16-18H,3-4,6-11,13H2,1-2H3;2*5,8-9,11H,3-4,6-7H2,1-2H3;2*5,8-9,11H,3-4,6-7H2,1-2H3;8*1H. The number of hydrogen-bond acceptors (Lipinski definition) is 6. The summed E-state index contributed by atoms with van der Waals surface area (Å²) in [5.41, 5.74) is 1.74. The molecule has 0 bridgehead atoms. The Hall–Kier alpha value is -6.54. The molecular weight excluding hydrogens is 1660 g/mol. The molecule has 0 aliphatic heterocycles. The van der Waals surface area contributed by atoms with Crippen molar-refractivity contribution in [2.24, 2.45) is 94.7 Å². The maximum absolute atomic E-state index is 14.1. The molecule has 0 heterocycles. The first-order chi connectivity index (χ1) is 58.7. The number of aryl methyl sites for hydroxylation is 6. The number of benzene rings is 6. The molecule has 8 aliphatic carbocycles. The molecule has 6 aromatic rings. The Bertz CT molecular complexity index is 4170. The first-order valence-electron chi connectivity index (χ1n) is 45.9. The second-order valence-electron chi connectivity index (χ2n) is 38.3. The lowest BCUT2D eigenvalue weighted by molar-refractivity contribution is -0.224. The lowest BCUT2D eigenvalue weighted by Crippen LogP contribution is -2.37. The molecule has 0 atom stereocenters. The first kappa shape index (κ1) is 101. The van der Waals surface area contributed by atoms with E-state index in [2.05, 4.69) is 46.3 Å². The van der Waals surface area contributed by atoms with Gasteiger partial charge in [0.15, 0.2) is 69.5 Å². The van der Waals surface area contributed by atoms with Crippen LogP contribution in [0.15, 0.2) is 72.8 Å². The zero-order chi connectivity index (χ0) is 90.6. The molecule has 8 aliphatic rings. The molecule has 0 aromatic heterocycles. The third-order valence-corrected chi connectivity index (χ3v) is 29.3. The predicted molar refractivity (Wildman–Crippen MR) is 482 cm³/mol. The van der Waals surface area contributed by atoms with E-state index in [1.807, 2.05) is 0 Å². The van der Waals surface area contributed by atoms with Crippen LogP contribution < -0.4 is 18.9 Å². The van der Waals surface area contributed by atoms with E-state index in [9.17, 15) is 71.1 Å². The summed E-state index contributed by atoms with van der Waals surface area (Å²) in [5.74, 6) is -3.20. The quantitative estimate of drug-likeness (QED) is 0.0631. The number of ether oxygens (including phenoxy) is 4. The fourth-order valence-electron chi connectivity index (χ4n) is 19.3. The average Bonchev–Trinajstić information content (AvgIpc) is 0.812. The van der Waals surface area contributed by atoms with E-state index in [1.165, 1.54) is 146 Å². The number of Topliss-reactive ketones (excluding diaryl/α,β-unsaturated/α-hetero) is 2. The molecule has 0 spiro atoms. The summed E-state index contributed by atoms with van der Waals surface area (Å²) in [6.07, 6.45) is 26.0. The van der Waals surface area contributed by atoms with Gasteiger partial charge in [-0.05, 0) is 311 Å². The molecule has 6 nitrogen and oxygen atoms in total. The Kier molecular flexibility index (Phi) is 38.5. The van der Waals surface area contributed by atoms with E-state index in [0.29, 0.717) is 96.7 Å². The van der Waals surface area contributed by atoms with Crippen LogP contribution in [0.4, 0.5) is 61.5 Å². The molecular formula is C102H148Cl2F14O6. The minimum atomic E-state index is -3.36. The van der Waals surface area contributed by atoms with Gasteiger partial charge < -0.3 is 18.9 Å². The van der Waals surface area contributed by atoms with Crippen molar-refractivity contribution in [1.82, 2.24) is 0 Å². The predicted octanol–water partition coefficient (Wildman–Crippen LogP) is 34.3. The van der Waals surface area contributed by atoms with Crippen molar-refractivity contribution in [3.05, 3.63) is 186 Å². The van der Waals surface area contributed by atoms with E-state index in [-0.39, 0.29) is 84.4 Å². The molecule has 0 saturated heterocycles. The fourth-order valence-corrected chi connectivity index (χ4v) is 19.7. The molecule has 8 saturated carbocycles. The lowest BCUT2D eigenvalue weighted by atomic mass is 9.69. The van der Waals surface area contributed by atoms with Crippen LogP contribution >= 0.6 is 23.2 Å². The zero-order valence-electron chi connectivity index (χ0n) is 74.7. The van der Waals surface area contributed by atoms with Gasteiger partial charge in [0.2, 0.25) is 11.6 Å². The number of halogens is 16. The van der Waals surface area contributed by atoms with Gasteiger partial charge in [0.1, 0.15) is 16.6 Å². The van der Waals surface area contributed by atoms with Crippen molar-refractivity contribution in [2.45, 2.75) is 301 Å². The van der Waals surface area contributed by atoms with E-state index in [4.69, 9.17) is 37.4 Å². The molecule has 124 heavy (non-hydrogen) atoms. The Labute approximate surface area is 749 Å². The third kappa shape index (κ3) is 28.2. The molecule has 704 valence electrons. The largest absolute Gasteiger partial charge is 0.490 e. The van der Waals surface area contributed by atoms with Gasteiger partial charge in [0.25, 0.3) is 0 Å². The molecule has 0 unspecified atom stereocenters. The summed E-state index contributed by atoms with van der Waals surface area (Å²) in [4.78, 5) is 24.4. The van der Waals surface area contributed by atoms with Crippen LogP contribution in [0.1, 0.15) is 313 Å². The molecule has 0 amide bonds. The highest BCUT2D eigenvalue weighted by Gasteiger charge is 2.46. The van der Waals surface area contributed by atoms with Crippen molar-refractivity contribution >= 4 is 34.8 Å². The number of rotatable bonds is 18. The Morgan fingerprint density at radius 3 is 0.871 bits per heavy atom. The Morgan fingerprint density at radius 1 is 0.290 bits per heavy atom. The second-order valence-corrected chi connectivity index (χ2v) is 39.0. The zero-order valence-corrected chi connectivity index (χ0v) is 76.2. The first-order valence-corrected chi connectivity index (χ1v) is 46.6. The van der Waals surface area contributed by atoms with E-state index < -0.39 is 88.0 Å². The summed E-state index contributed by atoms with van der Waals surface area (Å²) in [6.45, 7) is 23.4. The lowest BCUT2D eigenvalue weighted by Gasteiger charge is -2.37. The van der Waals surface area contributed by atoms with Gasteiger partial charge in [0, 0.05) is 23.2 Å². The van der Waals surface area contributed by atoms with Crippen molar-refractivity contribution in [3.8, 4) is 23.0 Å². The second kappa shape index (κ2) is 47.1. The molecule has 0 radical (unpaired) electrons. The fraction of sp³-hybridized carbons (Fsp3) is 0.627. The van der Waals surface area contributed by atoms with Crippen LogP contribution in [0.3, 0.4) is 0 Å². The summed E-state index contributed by atoms with van der Waals surface area (Å²) < 4.78 is 214. The minimum absolute atomic E-state index is 0. The summed E-state index contributed by atoms with van der Waals surface area (Å²) in [5, 5.41) is -0.551. The van der Waals surface area contributed by atoms with Gasteiger partial charge >= 0.3 is 12.2 Å². The summed E-state index contributed by atoms with van der Waals surface area (Å²) in [7, 11) is 0. The number of hydrogen-bond donors (Lipinski definition) is 0. The summed E-state index contributed by atoms with van der Waals surface area (Å²) >= 11 is 11.4. The molecule has 0 N–H and O–H groups in total. The average molecular weight is 1810 g/mol. The Balaban J connectivity index is 0.000000785. The minimum Gasteiger partial charge on any atom is -0.490 e. The molecule has 14 rings (SSSR count). The highest BCUT2D eigenvalue weighted by Crippen LogP contribution is 2.48. The van der Waals surface area contributed by atoms with Crippen molar-refractivity contribution in [3.63, 3.8) is 0 Å². The highest BCUT2D eigenvalue weighted by molar-refractivity contribution is 6.32. The van der Waals surface area contributed by atoms with E-state index in [0.717, 1.165) is 138 Å². The van der Waals surface area contributed by atoms with Gasteiger partial charge in [-0.3, -0.25) is 9.59 Å². The maximum Gasteiger partial charge on any atom is 0.400 e. The van der Waals surface area contributed by atoms with E-state index >= 15 is 0 Å². The van der Waals surface area contributed by atoms with Gasteiger partial charge in [-0.2, -0.15) is 26.3 Å². The molecule has 8 fully saturated rings. The maximum atomic E-state index is 14.1. The molecule has 6 aromatic carbocycles. The van der Waals surface area contributed by atoms with Crippen LogP contribution in [-0.2, 0) is 0 Å². The van der Waals surface area contributed by atoms with Gasteiger partial charge in [-0.15, -0.1) is 0 Å². The van der Waals surface area contributed by atoms with Crippen LogP contribution in [0.25, 0.3) is 0 Å². The Morgan fingerprint density at radius 2 is 0.540 bits per heavy atom. The number of carbonyl (C=O) groups is 2. The number of carbonyl (C=O) groups excluding carboxylic acids is 2. The van der Waals surface area contributed by atoms with Crippen LogP contribution in [0, 0.1) is 194 Å². The van der Waals surface area contributed by atoms with Gasteiger partial charge in [-0.25, -0.2) is 35.1 Å². The SMILES string of the molecule is Cc1ccc(C(=O)C2CCC(C)CC2)c(F)c1F.Cc1ccc(C(=O)C2CCC(C)CC2)c(F)c1F.Cc1ccc(OC(F)(F)C2CCC(C)CC2)c(Cl)c1F.Cc1ccc(OC(F)(F)C2CCC(C)CC2)c(F)c1Cl.Cc1ccc(OCC2CCC(C3CCC(C)CC3)CC2)c(F)c1F.Cc1ccc(OCC2CCC(C3CCC(C)CC3)CC2)c(F)c1F.[HH].[HH].[HH].[HH].[HH].[HH].[HH].[HH]. The smallest absolute Gasteiger partial charge is 0.400 e. The van der Waals surface area contributed by atoms with Gasteiger partial charge in [0.05, 0.1) is 41.2 Å². The van der Waals surface area contributed by atoms with Crippen molar-refractivity contribution in [2.75, 3.05) is 13.2 Å². The van der Waals surface area contributed by atoms with Crippen molar-refractivity contribution < 1.29 is 101 Å². The highest BCUT2D eigenvalue weighted by atomic mass is 35.5. The van der Waals surface area contributed by atoms with Crippen molar-refractivity contribution in [1.29, 1.82) is 0 Å². The number of ketones is 2. The van der Waals surface area contributed by atoms with Gasteiger partial charge in [-0.1, -0.05) is 178 Å². The van der Waals surface area contributed by atoms with E-state index in [1.54, 1.807) is 45.0 Å². The van der Waals surface area contributed by atoms with Crippen LogP contribution in [0.2, 0.25) is 10.0 Å². The third-order valence-electron chi connectivity index (χ3n) is 28.5.